The minimum Gasteiger partial charge on any atom is -0.480 e. The fourth-order valence-corrected chi connectivity index (χ4v) is 1.26. The van der Waals surface area contributed by atoms with E-state index in [1.807, 2.05) is 18.2 Å². The predicted molar refractivity (Wildman–Crippen MR) is 54.0 cm³/mol. The van der Waals surface area contributed by atoms with Crippen molar-refractivity contribution in [3.8, 4) is 5.88 Å². The number of hydrogen-bond acceptors (Lipinski definition) is 4. The number of benzene rings is 1. The summed E-state index contributed by atoms with van der Waals surface area (Å²) >= 11 is 0. The standard InChI is InChI=1S/C10H11N3O/c1-14-10-6-12-9-4-7(5-11)2-3-8(9)13-10/h2-4,6H,5,11H2,1H3. The zero-order valence-electron chi connectivity index (χ0n) is 7.90. The fourth-order valence-electron chi connectivity index (χ4n) is 1.26. The Balaban J connectivity index is 2.57. The van der Waals surface area contributed by atoms with E-state index in [2.05, 4.69) is 9.97 Å². The van der Waals surface area contributed by atoms with Crippen LogP contribution >= 0.6 is 0 Å². The molecule has 0 spiro atoms. The largest absolute Gasteiger partial charge is 0.480 e. The average Bonchev–Trinajstić information content (AvgIpc) is 2.27. The molecule has 0 saturated heterocycles. The molecule has 0 radical (unpaired) electrons. The van der Waals surface area contributed by atoms with Gasteiger partial charge in [0.15, 0.2) is 0 Å². The Kier molecular flexibility index (Phi) is 2.28. The molecule has 0 aliphatic carbocycles. The molecule has 0 fully saturated rings. The summed E-state index contributed by atoms with van der Waals surface area (Å²) in [6, 6.07) is 5.77. The number of methoxy groups -OCH3 is 1. The SMILES string of the molecule is COc1cnc2cc(CN)ccc2n1. The lowest BCUT2D eigenvalue weighted by atomic mass is 10.2. The van der Waals surface area contributed by atoms with E-state index in [1.165, 1.54) is 0 Å². The normalized spacial score (nSPS) is 10.4. The van der Waals surface area contributed by atoms with E-state index in [1.54, 1.807) is 13.3 Å². The molecule has 2 N–H and O–H groups in total. The van der Waals surface area contributed by atoms with Crippen LogP contribution in [0.1, 0.15) is 5.56 Å². The van der Waals surface area contributed by atoms with Crippen LogP contribution in [-0.2, 0) is 6.54 Å². The Bertz CT molecular complexity index is 413. The van der Waals surface area contributed by atoms with Gasteiger partial charge in [-0.2, -0.15) is 0 Å². The van der Waals surface area contributed by atoms with E-state index in [0.29, 0.717) is 12.4 Å². The third-order valence-corrected chi connectivity index (χ3v) is 2.03. The van der Waals surface area contributed by atoms with Crippen molar-refractivity contribution in [2.75, 3.05) is 7.11 Å². The van der Waals surface area contributed by atoms with Gasteiger partial charge >= 0.3 is 0 Å². The molecule has 0 bridgehead atoms. The Morgan fingerprint density at radius 3 is 2.93 bits per heavy atom. The highest BCUT2D eigenvalue weighted by Crippen LogP contribution is 2.14. The first kappa shape index (κ1) is 8.90. The van der Waals surface area contributed by atoms with Crippen LogP contribution in [0.4, 0.5) is 0 Å². The highest BCUT2D eigenvalue weighted by molar-refractivity contribution is 5.75. The number of nitrogens with two attached hydrogens (primary N) is 1. The molecule has 4 heteroatoms. The van der Waals surface area contributed by atoms with Gasteiger partial charge in [-0.25, -0.2) is 9.97 Å². The molecule has 0 unspecified atom stereocenters. The quantitative estimate of drug-likeness (QED) is 0.768. The van der Waals surface area contributed by atoms with E-state index in [-0.39, 0.29) is 0 Å². The number of aromatic nitrogens is 2. The van der Waals surface area contributed by atoms with Gasteiger partial charge in [-0.3, -0.25) is 0 Å². The number of hydrogen-bond donors (Lipinski definition) is 1. The van der Waals surface area contributed by atoms with E-state index in [9.17, 15) is 0 Å². The summed E-state index contributed by atoms with van der Waals surface area (Å²) in [6.45, 7) is 0.518. The third-order valence-electron chi connectivity index (χ3n) is 2.03. The van der Waals surface area contributed by atoms with Gasteiger partial charge in [0.2, 0.25) is 5.88 Å². The number of fused-ring (bicyclic) bond motifs is 1. The van der Waals surface area contributed by atoms with Crippen molar-refractivity contribution in [3.05, 3.63) is 30.0 Å². The zero-order chi connectivity index (χ0) is 9.97. The zero-order valence-corrected chi connectivity index (χ0v) is 7.90. The fraction of sp³-hybridized carbons (Fsp3) is 0.200. The molecule has 0 amide bonds. The van der Waals surface area contributed by atoms with E-state index >= 15 is 0 Å². The Morgan fingerprint density at radius 2 is 2.21 bits per heavy atom. The lowest BCUT2D eigenvalue weighted by molar-refractivity contribution is 0.397. The molecular weight excluding hydrogens is 178 g/mol. The van der Waals surface area contributed by atoms with Crippen molar-refractivity contribution in [2.24, 2.45) is 5.73 Å². The van der Waals surface area contributed by atoms with Crippen molar-refractivity contribution < 1.29 is 4.74 Å². The molecule has 0 atom stereocenters. The summed E-state index contributed by atoms with van der Waals surface area (Å²) in [6.07, 6.45) is 1.60. The van der Waals surface area contributed by atoms with Crippen LogP contribution in [0.25, 0.3) is 11.0 Å². The average molecular weight is 189 g/mol. The van der Waals surface area contributed by atoms with Gasteiger partial charge < -0.3 is 10.5 Å². The number of nitrogens with zero attached hydrogens (tertiary/aromatic N) is 2. The number of ether oxygens (including phenoxy) is 1. The van der Waals surface area contributed by atoms with E-state index in [4.69, 9.17) is 10.5 Å². The third kappa shape index (κ3) is 1.52. The molecule has 0 aliphatic heterocycles. The summed E-state index contributed by atoms with van der Waals surface area (Å²) in [5.41, 5.74) is 8.24. The maximum Gasteiger partial charge on any atom is 0.232 e. The van der Waals surface area contributed by atoms with Crippen LogP contribution in [0.3, 0.4) is 0 Å². The second-order valence-corrected chi connectivity index (χ2v) is 2.94. The van der Waals surface area contributed by atoms with Gasteiger partial charge in [-0.1, -0.05) is 6.07 Å². The topological polar surface area (TPSA) is 61.0 Å². The second-order valence-electron chi connectivity index (χ2n) is 2.94. The van der Waals surface area contributed by atoms with Gasteiger partial charge in [-0.15, -0.1) is 0 Å². The van der Waals surface area contributed by atoms with Crippen molar-refractivity contribution in [1.29, 1.82) is 0 Å². The molecule has 0 saturated carbocycles. The van der Waals surface area contributed by atoms with Gasteiger partial charge in [0.1, 0.15) is 0 Å². The molecule has 1 heterocycles. The molecule has 2 aromatic rings. The summed E-state index contributed by atoms with van der Waals surface area (Å²) in [7, 11) is 1.57. The first-order valence-corrected chi connectivity index (χ1v) is 4.33. The lowest BCUT2D eigenvalue weighted by Gasteiger charge is -2.02. The van der Waals surface area contributed by atoms with Gasteiger partial charge in [-0.05, 0) is 17.7 Å². The molecule has 4 nitrogen and oxygen atoms in total. The van der Waals surface area contributed by atoms with Crippen molar-refractivity contribution >= 4 is 11.0 Å². The molecule has 72 valence electrons. The monoisotopic (exact) mass is 189 g/mol. The summed E-state index contributed by atoms with van der Waals surface area (Å²) in [4.78, 5) is 8.46. The van der Waals surface area contributed by atoms with Crippen molar-refractivity contribution in [1.82, 2.24) is 9.97 Å². The van der Waals surface area contributed by atoms with Crippen LogP contribution in [-0.4, -0.2) is 17.1 Å². The maximum atomic E-state index is 5.52. The molecule has 1 aromatic heterocycles. The first-order chi connectivity index (χ1) is 6.83. The first-order valence-electron chi connectivity index (χ1n) is 4.33. The smallest absolute Gasteiger partial charge is 0.232 e. The Morgan fingerprint density at radius 1 is 1.36 bits per heavy atom. The summed E-state index contributed by atoms with van der Waals surface area (Å²) in [5.74, 6) is 0.526. The second kappa shape index (κ2) is 3.59. The molecule has 14 heavy (non-hydrogen) atoms. The van der Waals surface area contributed by atoms with E-state index in [0.717, 1.165) is 16.6 Å². The molecule has 2 rings (SSSR count). The van der Waals surface area contributed by atoms with Crippen LogP contribution in [0.5, 0.6) is 5.88 Å². The Labute approximate surface area is 81.7 Å². The Hall–Kier alpha value is -1.68. The molecular formula is C10H11N3O. The molecule has 0 aliphatic rings. The van der Waals surface area contributed by atoms with Gasteiger partial charge in [0.05, 0.1) is 24.3 Å². The highest BCUT2D eigenvalue weighted by atomic mass is 16.5. The minimum absolute atomic E-state index is 0.518. The van der Waals surface area contributed by atoms with Gasteiger partial charge in [0.25, 0.3) is 0 Å². The van der Waals surface area contributed by atoms with Crippen LogP contribution in [0, 0.1) is 0 Å². The maximum absolute atomic E-state index is 5.52. The van der Waals surface area contributed by atoms with Crippen LogP contribution in [0.15, 0.2) is 24.4 Å². The summed E-state index contributed by atoms with van der Waals surface area (Å²) in [5, 5.41) is 0. The lowest BCUT2D eigenvalue weighted by Crippen LogP contribution is -1.97. The van der Waals surface area contributed by atoms with E-state index < -0.39 is 0 Å². The van der Waals surface area contributed by atoms with Crippen molar-refractivity contribution in [2.45, 2.75) is 6.54 Å². The van der Waals surface area contributed by atoms with Crippen LogP contribution in [0.2, 0.25) is 0 Å². The predicted octanol–water partition coefficient (Wildman–Crippen LogP) is 1.10. The van der Waals surface area contributed by atoms with Gasteiger partial charge in [0, 0.05) is 6.54 Å². The van der Waals surface area contributed by atoms with Crippen molar-refractivity contribution in [3.63, 3.8) is 0 Å². The number of rotatable bonds is 2. The summed E-state index contributed by atoms with van der Waals surface area (Å²) < 4.78 is 4.98. The minimum atomic E-state index is 0.518. The molecule has 1 aromatic carbocycles. The van der Waals surface area contributed by atoms with Crippen LogP contribution < -0.4 is 10.5 Å². The highest BCUT2D eigenvalue weighted by Gasteiger charge is 1.99.